The smallest absolute Gasteiger partial charge is 0.234 e. The number of amides is 2. The van der Waals surface area contributed by atoms with Crippen molar-refractivity contribution in [3.05, 3.63) is 53.6 Å². The van der Waals surface area contributed by atoms with E-state index in [0.29, 0.717) is 10.6 Å². The van der Waals surface area contributed by atoms with Gasteiger partial charge in [-0.05, 0) is 31.0 Å². The van der Waals surface area contributed by atoms with Crippen LogP contribution in [0.2, 0.25) is 0 Å². The lowest BCUT2D eigenvalue weighted by molar-refractivity contribution is -0.117. The van der Waals surface area contributed by atoms with Crippen LogP contribution in [0.1, 0.15) is 12.8 Å². The van der Waals surface area contributed by atoms with Crippen LogP contribution < -0.4 is 10.6 Å². The maximum atomic E-state index is 13.6. The number of carbonyl (C=O) groups is 2. The van der Waals surface area contributed by atoms with E-state index in [2.05, 4.69) is 5.32 Å². The third kappa shape index (κ3) is 4.79. The maximum absolute atomic E-state index is 13.6. The van der Waals surface area contributed by atoms with Crippen molar-refractivity contribution >= 4 is 35.0 Å². The summed E-state index contributed by atoms with van der Waals surface area (Å²) in [5.41, 5.74) is -0.592. The predicted octanol–water partition coefficient (Wildman–Crippen LogP) is 4.32. The fraction of sp³-hybridized carbons (Fsp3) is 0.222. The maximum Gasteiger partial charge on any atom is 0.234 e. The number of nitrogens with one attached hydrogen (secondary N) is 2. The van der Waals surface area contributed by atoms with Crippen molar-refractivity contribution in [2.75, 3.05) is 16.4 Å². The first kappa shape index (κ1) is 19.2. The molecule has 1 fully saturated rings. The van der Waals surface area contributed by atoms with Crippen molar-refractivity contribution in [2.45, 2.75) is 17.7 Å². The molecular formula is C18H14F4N2O2S. The quantitative estimate of drug-likeness (QED) is 0.433. The molecule has 0 bridgehead atoms. The third-order valence-corrected chi connectivity index (χ3v) is 4.79. The normalized spacial score (nSPS) is 13.3. The molecule has 4 nitrogen and oxygen atoms in total. The number of benzene rings is 2. The number of thioether (sulfide) groups is 1. The van der Waals surface area contributed by atoms with E-state index in [0.717, 1.165) is 24.6 Å². The Morgan fingerprint density at radius 1 is 1.00 bits per heavy atom. The number of hydrogen-bond donors (Lipinski definition) is 2. The Morgan fingerprint density at radius 3 is 2.30 bits per heavy atom. The highest BCUT2D eigenvalue weighted by Crippen LogP contribution is 2.31. The molecule has 1 aliphatic rings. The molecule has 3 rings (SSSR count). The Morgan fingerprint density at radius 2 is 1.67 bits per heavy atom. The monoisotopic (exact) mass is 398 g/mol. The summed E-state index contributed by atoms with van der Waals surface area (Å²) in [6.45, 7) is 0. The van der Waals surface area contributed by atoms with E-state index in [1.165, 1.54) is 0 Å². The molecule has 2 aromatic rings. The van der Waals surface area contributed by atoms with Crippen molar-refractivity contribution in [3.63, 3.8) is 0 Å². The van der Waals surface area contributed by atoms with Crippen LogP contribution in [0.15, 0.2) is 35.2 Å². The second kappa shape index (κ2) is 7.99. The minimum atomic E-state index is -1.67. The molecule has 9 heteroatoms. The summed E-state index contributed by atoms with van der Waals surface area (Å²) in [7, 11) is 0. The molecule has 27 heavy (non-hydrogen) atoms. The Bertz CT molecular complexity index is 877. The Labute approximate surface area is 156 Å². The molecule has 142 valence electrons. The summed E-state index contributed by atoms with van der Waals surface area (Å²) >= 11 is 1.04. The van der Waals surface area contributed by atoms with Gasteiger partial charge >= 0.3 is 0 Å². The van der Waals surface area contributed by atoms with Crippen LogP contribution in [0.3, 0.4) is 0 Å². The minimum absolute atomic E-state index is 0.0449. The second-order valence-electron chi connectivity index (χ2n) is 5.97. The Kier molecular flexibility index (Phi) is 5.69. The lowest BCUT2D eigenvalue weighted by Gasteiger charge is -2.09. The van der Waals surface area contributed by atoms with E-state index in [9.17, 15) is 27.2 Å². The summed E-state index contributed by atoms with van der Waals surface area (Å²) in [6.07, 6.45) is 1.74. The van der Waals surface area contributed by atoms with Gasteiger partial charge < -0.3 is 10.6 Å². The average Bonchev–Trinajstić information content (AvgIpc) is 3.47. The lowest BCUT2D eigenvalue weighted by Crippen LogP contribution is -2.17. The predicted molar refractivity (Wildman–Crippen MR) is 93.4 cm³/mol. The number of carbonyl (C=O) groups excluding carboxylic acids is 2. The lowest BCUT2D eigenvalue weighted by atomic mass is 10.2. The van der Waals surface area contributed by atoms with Crippen LogP contribution in [0.5, 0.6) is 0 Å². The molecule has 2 N–H and O–H groups in total. The second-order valence-corrected chi connectivity index (χ2v) is 7.02. The van der Waals surface area contributed by atoms with Gasteiger partial charge in [0.1, 0.15) is 5.69 Å². The van der Waals surface area contributed by atoms with Crippen molar-refractivity contribution in [2.24, 2.45) is 5.92 Å². The van der Waals surface area contributed by atoms with Crippen molar-refractivity contribution in [3.8, 4) is 0 Å². The van der Waals surface area contributed by atoms with E-state index in [-0.39, 0.29) is 23.6 Å². The van der Waals surface area contributed by atoms with E-state index >= 15 is 0 Å². The van der Waals surface area contributed by atoms with Gasteiger partial charge in [0.2, 0.25) is 11.8 Å². The van der Waals surface area contributed by atoms with Gasteiger partial charge in [-0.15, -0.1) is 11.8 Å². The molecule has 0 unspecified atom stereocenters. The van der Waals surface area contributed by atoms with Gasteiger partial charge in [0.25, 0.3) is 0 Å². The van der Waals surface area contributed by atoms with E-state index < -0.39 is 34.9 Å². The molecular weight excluding hydrogens is 384 g/mol. The van der Waals surface area contributed by atoms with Gasteiger partial charge in [-0.3, -0.25) is 9.59 Å². The van der Waals surface area contributed by atoms with Gasteiger partial charge in [0, 0.05) is 22.6 Å². The fourth-order valence-corrected chi connectivity index (χ4v) is 3.02. The first-order valence-electron chi connectivity index (χ1n) is 8.01. The Balaban J connectivity index is 1.60. The molecule has 0 heterocycles. The zero-order chi connectivity index (χ0) is 19.6. The molecule has 0 saturated heterocycles. The van der Waals surface area contributed by atoms with E-state index in [1.807, 2.05) is 5.32 Å². The molecule has 2 aromatic carbocycles. The van der Waals surface area contributed by atoms with Crippen molar-refractivity contribution in [1.29, 1.82) is 0 Å². The average molecular weight is 398 g/mol. The molecule has 1 aliphatic carbocycles. The highest BCUT2D eigenvalue weighted by Gasteiger charge is 2.29. The van der Waals surface area contributed by atoms with Gasteiger partial charge in [0.15, 0.2) is 23.3 Å². The molecule has 0 aliphatic heterocycles. The molecule has 2 amide bonds. The largest absolute Gasteiger partial charge is 0.326 e. The fourth-order valence-electron chi connectivity index (χ4n) is 2.26. The number of hydrogen-bond acceptors (Lipinski definition) is 3. The van der Waals surface area contributed by atoms with Crippen LogP contribution in [-0.4, -0.2) is 17.6 Å². The number of anilines is 2. The minimum Gasteiger partial charge on any atom is -0.326 e. The van der Waals surface area contributed by atoms with Crippen LogP contribution >= 0.6 is 11.8 Å². The summed E-state index contributed by atoms with van der Waals surface area (Å²) < 4.78 is 53.5. The topological polar surface area (TPSA) is 58.2 Å². The first-order valence-corrected chi connectivity index (χ1v) is 9.00. The van der Waals surface area contributed by atoms with Crippen LogP contribution in [0.25, 0.3) is 0 Å². The highest BCUT2D eigenvalue weighted by molar-refractivity contribution is 8.00. The van der Waals surface area contributed by atoms with Crippen molar-refractivity contribution in [1.82, 2.24) is 0 Å². The zero-order valence-electron chi connectivity index (χ0n) is 13.8. The molecule has 0 atom stereocenters. The molecule has 1 saturated carbocycles. The standard InChI is InChI=1S/C18H14F4N2O2S/c19-12-7-13(20)16(22)17(15(12)21)24-14(25)8-27-11-3-1-2-10(6-11)23-18(26)9-4-5-9/h1-3,6-7,9H,4-5,8H2,(H,23,26)(H,24,25). The molecule has 0 aromatic heterocycles. The molecule has 0 spiro atoms. The SMILES string of the molecule is O=C(CSc1cccc(NC(=O)C2CC2)c1)Nc1c(F)c(F)cc(F)c1F. The zero-order valence-corrected chi connectivity index (χ0v) is 14.6. The molecule has 0 radical (unpaired) electrons. The summed E-state index contributed by atoms with van der Waals surface area (Å²) in [4.78, 5) is 24.3. The van der Waals surface area contributed by atoms with Crippen LogP contribution in [0.4, 0.5) is 28.9 Å². The van der Waals surface area contributed by atoms with Gasteiger partial charge in [-0.1, -0.05) is 6.07 Å². The van der Waals surface area contributed by atoms with Crippen molar-refractivity contribution < 1.29 is 27.2 Å². The summed E-state index contributed by atoms with van der Waals surface area (Å²) in [5, 5.41) is 4.60. The summed E-state index contributed by atoms with van der Waals surface area (Å²) in [5.74, 6) is -7.65. The Hall–Kier alpha value is -2.55. The highest BCUT2D eigenvalue weighted by atomic mass is 32.2. The number of rotatable bonds is 6. The van der Waals surface area contributed by atoms with Crippen LogP contribution in [0, 0.1) is 29.2 Å². The van der Waals surface area contributed by atoms with Crippen LogP contribution in [-0.2, 0) is 9.59 Å². The van der Waals surface area contributed by atoms with E-state index in [1.54, 1.807) is 24.3 Å². The van der Waals surface area contributed by atoms with Gasteiger partial charge in [-0.25, -0.2) is 17.6 Å². The third-order valence-electron chi connectivity index (χ3n) is 3.80. The first-order chi connectivity index (χ1) is 12.8. The van der Waals surface area contributed by atoms with E-state index in [4.69, 9.17) is 0 Å². The summed E-state index contributed by atoms with van der Waals surface area (Å²) in [6, 6.07) is 6.79. The van der Waals surface area contributed by atoms with Gasteiger partial charge in [0.05, 0.1) is 5.75 Å². The van der Waals surface area contributed by atoms with Gasteiger partial charge in [-0.2, -0.15) is 0 Å². The number of halogens is 4.